The van der Waals surface area contributed by atoms with E-state index in [4.69, 9.17) is 4.74 Å². The van der Waals surface area contributed by atoms with Crippen LogP contribution in [0, 0.1) is 5.92 Å². The van der Waals surface area contributed by atoms with Crippen molar-refractivity contribution < 1.29 is 23.0 Å². The molecule has 0 atom stereocenters. The Hall–Kier alpha value is -1.75. The first-order valence-corrected chi connectivity index (χ1v) is 8.29. The molecule has 3 rings (SSSR count). The lowest BCUT2D eigenvalue weighted by Crippen LogP contribution is -2.24. The van der Waals surface area contributed by atoms with Gasteiger partial charge in [0.25, 0.3) is 0 Å². The van der Waals surface area contributed by atoms with Crippen LogP contribution in [0.2, 0.25) is 0 Å². The van der Waals surface area contributed by atoms with Crippen molar-refractivity contribution in [3.63, 3.8) is 0 Å². The van der Waals surface area contributed by atoms with Crippen LogP contribution in [0.5, 0.6) is 5.75 Å². The lowest BCUT2D eigenvalue weighted by molar-refractivity contribution is -0.138. The fourth-order valence-electron chi connectivity index (χ4n) is 3.38. The number of hydrogen-bond acceptors (Lipinski definition) is 2. The van der Waals surface area contributed by atoms with Crippen LogP contribution in [0.4, 0.5) is 13.2 Å². The van der Waals surface area contributed by atoms with Gasteiger partial charge in [0.2, 0.25) is 0 Å². The van der Waals surface area contributed by atoms with E-state index in [1.165, 1.54) is 18.2 Å². The molecule has 0 saturated heterocycles. The third-order valence-corrected chi connectivity index (χ3v) is 4.77. The highest BCUT2D eigenvalue weighted by atomic mass is 19.4. The Morgan fingerprint density at radius 3 is 2.42 bits per heavy atom. The first-order chi connectivity index (χ1) is 11.4. The zero-order chi connectivity index (χ0) is 17.3. The van der Waals surface area contributed by atoms with Gasteiger partial charge in [-0.1, -0.05) is 25.1 Å². The van der Waals surface area contributed by atoms with Crippen molar-refractivity contribution in [1.82, 2.24) is 0 Å². The monoisotopic (exact) mass is 338 g/mol. The Morgan fingerprint density at radius 2 is 1.79 bits per heavy atom. The van der Waals surface area contributed by atoms with E-state index in [1.54, 1.807) is 12.1 Å². The molecule has 0 heterocycles. The number of aliphatic hydroxyl groups excluding tert-OH is 1. The average molecular weight is 338 g/mol. The van der Waals surface area contributed by atoms with E-state index in [9.17, 15) is 18.3 Å². The Kier molecular flexibility index (Phi) is 4.72. The predicted octanol–water partition coefficient (Wildman–Crippen LogP) is 5.31. The molecule has 0 radical (unpaired) electrons. The molecule has 1 aliphatic rings. The van der Waals surface area contributed by atoms with Crippen LogP contribution in [0.15, 0.2) is 30.3 Å². The molecule has 1 aliphatic carbocycles. The summed E-state index contributed by atoms with van der Waals surface area (Å²) < 4.78 is 46.7. The largest absolute Gasteiger partial charge is 0.490 e. The van der Waals surface area contributed by atoms with Crippen molar-refractivity contribution in [2.75, 3.05) is 0 Å². The van der Waals surface area contributed by atoms with Gasteiger partial charge in [0.1, 0.15) is 11.3 Å². The lowest BCUT2D eigenvalue weighted by Gasteiger charge is -2.28. The molecule has 2 aromatic rings. The molecule has 1 fully saturated rings. The van der Waals surface area contributed by atoms with E-state index in [2.05, 4.69) is 6.92 Å². The van der Waals surface area contributed by atoms with Crippen LogP contribution in [-0.4, -0.2) is 11.2 Å². The molecule has 0 unspecified atom stereocenters. The smallest absolute Gasteiger partial charge is 0.420 e. The third kappa shape index (κ3) is 3.51. The fraction of sp³-hybridized carbons (Fsp3) is 0.474. The molecule has 0 spiro atoms. The van der Waals surface area contributed by atoms with E-state index in [0.717, 1.165) is 25.7 Å². The maximum absolute atomic E-state index is 13.6. The van der Waals surface area contributed by atoms with Gasteiger partial charge in [-0.2, -0.15) is 13.2 Å². The van der Waals surface area contributed by atoms with Gasteiger partial charge in [0, 0.05) is 0 Å². The Balaban J connectivity index is 2.00. The topological polar surface area (TPSA) is 29.5 Å². The van der Waals surface area contributed by atoms with Crippen LogP contribution in [-0.2, 0) is 12.8 Å². The minimum absolute atomic E-state index is 0.0914. The van der Waals surface area contributed by atoms with Crippen molar-refractivity contribution in [3.05, 3.63) is 41.5 Å². The summed E-state index contributed by atoms with van der Waals surface area (Å²) in [5.41, 5.74) is -0.131. The fourth-order valence-corrected chi connectivity index (χ4v) is 3.38. The van der Waals surface area contributed by atoms with E-state index in [-0.39, 0.29) is 23.8 Å². The maximum atomic E-state index is 13.6. The second-order valence-corrected chi connectivity index (χ2v) is 6.65. The molecule has 0 aliphatic heterocycles. The molecule has 5 heteroatoms. The maximum Gasteiger partial charge on any atom is 0.420 e. The van der Waals surface area contributed by atoms with Gasteiger partial charge in [-0.05, 0) is 60.1 Å². The van der Waals surface area contributed by atoms with Crippen molar-refractivity contribution in [3.8, 4) is 5.75 Å². The normalized spacial score (nSPS) is 21.9. The van der Waals surface area contributed by atoms with Gasteiger partial charge >= 0.3 is 6.18 Å². The minimum Gasteiger partial charge on any atom is -0.490 e. The molecule has 2 nitrogen and oxygen atoms in total. The van der Waals surface area contributed by atoms with Gasteiger partial charge in [-0.15, -0.1) is 0 Å². The number of halogens is 3. The first-order valence-electron chi connectivity index (χ1n) is 8.29. The van der Waals surface area contributed by atoms with Gasteiger partial charge in [-0.3, -0.25) is 0 Å². The van der Waals surface area contributed by atoms with E-state index in [1.807, 2.05) is 0 Å². The second-order valence-electron chi connectivity index (χ2n) is 6.65. The quantitative estimate of drug-likeness (QED) is 0.822. The highest BCUT2D eigenvalue weighted by Crippen LogP contribution is 2.42. The third-order valence-electron chi connectivity index (χ3n) is 4.77. The van der Waals surface area contributed by atoms with Gasteiger partial charge in [-0.25, -0.2) is 0 Å². The average Bonchev–Trinajstić information content (AvgIpc) is 2.55. The highest BCUT2D eigenvalue weighted by Gasteiger charge is 2.37. The molecular weight excluding hydrogens is 317 g/mol. The summed E-state index contributed by atoms with van der Waals surface area (Å²) in [6.45, 7) is 1.96. The number of rotatable bonds is 3. The van der Waals surface area contributed by atoms with Crippen molar-refractivity contribution >= 4 is 10.8 Å². The van der Waals surface area contributed by atoms with Crippen molar-refractivity contribution in [2.45, 2.75) is 51.5 Å². The number of alkyl halides is 3. The molecular formula is C19H21F3O2. The Labute approximate surface area is 139 Å². The predicted molar refractivity (Wildman–Crippen MR) is 86.9 cm³/mol. The number of aliphatic hydroxyl groups is 1. The van der Waals surface area contributed by atoms with Crippen molar-refractivity contribution in [2.24, 2.45) is 5.92 Å². The van der Waals surface area contributed by atoms with Gasteiger partial charge in [0.05, 0.1) is 12.7 Å². The zero-order valence-corrected chi connectivity index (χ0v) is 13.6. The highest BCUT2D eigenvalue weighted by molar-refractivity contribution is 5.89. The summed E-state index contributed by atoms with van der Waals surface area (Å²) in [7, 11) is 0. The summed E-state index contributed by atoms with van der Waals surface area (Å²) in [5, 5.41) is 9.74. The summed E-state index contributed by atoms with van der Waals surface area (Å²) in [6.07, 6.45) is -1.09. The zero-order valence-electron chi connectivity index (χ0n) is 13.6. The molecule has 0 bridgehead atoms. The molecule has 0 aromatic heterocycles. The Bertz CT molecular complexity index is 716. The SMILES string of the molecule is C[C@H]1CC[C@@H](Oc2ccc3cc(CO)ccc3c2C(F)(F)F)CC1. The molecule has 2 aromatic carbocycles. The first kappa shape index (κ1) is 17.1. The van der Waals surface area contributed by atoms with Crippen LogP contribution >= 0.6 is 0 Å². The van der Waals surface area contributed by atoms with Gasteiger partial charge in [0.15, 0.2) is 0 Å². The molecule has 0 amide bonds. The number of benzene rings is 2. The number of hydrogen-bond donors (Lipinski definition) is 1. The van der Waals surface area contributed by atoms with E-state index >= 15 is 0 Å². The lowest BCUT2D eigenvalue weighted by atomic mass is 9.89. The molecule has 1 saturated carbocycles. The summed E-state index contributed by atoms with van der Waals surface area (Å²) >= 11 is 0. The molecule has 24 heavy (non-hydrogen) atoms. The number of fused-ring (bicyclic) bond motifs is 1. The summed E-state index contributed by atoms with van der Waals surface area (Å²) in [6, 6.07) is 7.55. The van der Waals surface area contributed by atoms with E-state index < -0.39 is 11.7 Å². The standard InChI is InChI=1S/C19H21F3O2/c1-12-2-6-15(7-3-12)24-17-9-5-14-10-13(11-23)4-8-16(14)18(17)19(20,21)22/h4-5,8-10,12,15,23H,2-3,6-7,11H2,1H3/t12-,15+. The Morgan fingerprint density at radius 1 is 1.08 bits per heavy atom. The van der Waals surface area contributed by atoms with Gasteiger partial charge < -0.3 is 9.84 Å². The van der Waals surface area contributed by atoms with Crippen molar-refractivity contribution in [1.29, 1.82) is 0 Å². The summed E-state index contributed by atoms with van der Waals surface area (Å²) in [4.78, 5) is 0. The van der Waals surface area contributed by atoms with Crippen LogP contribution < -0.4 is 4.74 Å². The molecule has 130 valence electrons. The molecule has 1 N–H and O–H groups in total. The van der Waals surface area contributed by atoms with Crippen LogP contribution in [0.1, 0.15) is 43.7 Å². The van der Waals surface area contributed by atoms with E-state index in [0.29, 0.717) is 16.9 Å². The van der Waals surface area contributed by atoms with Crippen LogP contribution in [0.3, 0.4) is 0 Å². The second kappa shape index (κ2) is 6.63. The number of ether oxygens (including phenoxy) is 1. The summed E-state index contributed by atoms with van der Waals surface area (Å²) in [5.74, 6) is 0.520. The minimum atomic E-state index is -4.49. The van der Waals surface area contributed by atoms with Crippen LogP contribution in [0.25, 0.3) is 10.8 Å².